The van der Waals surface area contributed by atoms with Gasteiger partial charge in [0.2, 0.25) is 5.91 Å². The summed E-state index contributed by atoms with van der Waals surface area (Å²) >= 11 is 1.68. The Morgan fingerprint density at radius 2 is 1.69 bits per heavy atom. The van der Waals surface area contributed by atoms with Crippen LogP contribution in [0.15, 0.2) is 48.5 Å². The topological polar surface area (TPSA) is 80.3 Å². The SMILES string of the molecule is COc1ccc(CCN(Cc2ccc(C)s2)C(=O)CN(CC2CCCO2)C(=O)Nc2c(C(C)C)cccc2C(C)C)cc1OC. The summed E-state index contributed by atoms with van der Waals surface area (Å²) in [6, 6.07) is 15.9. The smallest absolute Gasteiger partial charge is 0.322 e. The van der Waals surface area contributed by atoms with Crippen molar-refractivity contribution in [2.24, 2.45) is 0 Å². The van der Waals surface area contributed by atoms with Gasteiger partial charge in [-0.3, -0.25) is 4.79 Å². The van der Waals surface area contributed by atoms with Gasteiger partial charge in [-0.1, -0.05) is 52.0 Å². The second-order valence-electron chi connectivity index (χ2n) is 12.3. The van der Waals surface area contributed by atoms with Crippen LogP contribution in [-0.2, 0) is 22.5 Å². The van der Waals surface area contributed by atoms with Crippen molar-refractivity contribution in [1.82, 2.24) is 9.80 Å². The number of amides is 3. The van der Waals surface area contributed by atoms with Gasteiger partial charge in [-0.15, -0.1) is 11.3 Å². The molecule has 1 aliphatic rings. The van der Waals surface area contributed by atoms with Gasteiger partial charge in [0.1, 0.15) is 6.54 Å². The van der Waals surface area contributed by atoms with Crippen LogP contribution in [0, 0.1) is 6.92 Å². The van der Waals surface area contributed by atoms with E-state index in [1.165, 1.54) is 4.88 Å². The van der Waals surface area contributed by atoms with Crippen molar-refractivity contribution in [1.29, 1.82) is 0 Å². The highest BCUT2D eigenvalue weighted by Gasteiger charge is 2.28. The molecule has 1 N–H and O–H groups in total. The maximum absolute atomic E-state index is 14.1. The van der Waals surface area contributed by atoms with E-state index in [9.17, 15) is 9.59 Å². The van der Waals surface area contributed by atoms with Gasteiger partial charge in [0.25, 0.3) is 0 Å². The van der Waals surface area contributed by atoms with Crippen LogP contribution in [0.4, 0.5) is 10.5 Å². The molecule has 0 radical (unpaired) electrons. The van der Waals surface area contributed by atoms with Crippen LogP contribution < -0.4 is 14.8 Å². The Morgan fingerprint density at radius 1 is 0.978 bits per heavy atom. The van der Waals surface area contributed by atoms with Gasteiger partial charge in [0.05, 0.1) is 26.9 Å². The molecule has 1 saturated heterocycles. The van der Waals surface area contributed by atoms with E-state index in [-0.39, 0.29) is 36.4 Å². The summed E-state index contributed by atoms with van der Waals surface area (Å²) in [5, 5.41) is 3.23. The highest BCUT2D eigenvalue weighted by atomic mass is 32.1. The lowest BCUT2D eigenvalue weighted by molar-refractivity contribution is -0.132. The van der Waals surface area contributed by atoms with Crippen LogP contribution in [-0.4, -0.2) is 68.3 Å². The lowest BCUT2D eigenvalue weighted by atomic mass is 9.93. The quantitative estimate of drug-likeness (QED) is 0.197. The molecule has 1 fully saturated rings. The van der Waals surface area contributed by atoms with Crippen LogP contribution in [0.5, 0.6) is 11.5 Å². The van der Waals surface area contributed by atoms with Crippen LogP contribution in [0.25, 0.3) is 0 Å². The van der Waals surface area contributed by atoms with Crippen molar-refractivity contribution >= 4 is 29.0 Å². The van der Waals surface area contributed by atoms with E-state index >= 15 is 0 Å². The molecule has 1 unspecified atom stereocenters. The molecule has 1 atom stereocenters. The number of hydrogen-bond donors (Lipinski definition) is 1. The van der Waals surface area contributed by atoms with Gasteiger partial charge in [-0.05, 0) is 79.0 Å². The number of methoxy groups -OCH3 is 2. The van der Waals surface area contributed by atoms with Crippen molar-refractivity contribution in [3.8, 4) is 11.5 Å². The molecule has 0 spiro atoms. The minimum Gasteiger partial charge on any atom is -0.493 e. The molecule has 2 heterocycles. The van der Waals surface area contributed by atoms with E-state index in [1.807, 2.05) is 23.1 Å². The molecular formula is C36H49N3O5S. The fourth-order valence-electron chi connectivity index (χ4n) is 5.75. The van der Waals surface area contributed by atoms with Gasteiger partial charge in [0, 0.05) is 35.1 Å². The molecule has 2 aromatic carbocycles. The highest BCUT2D eigenvalue weighted by molar-refractivity contribution is 7.11. The van der Waals surface area contributed by atoms with Crippen molar-refractivity contribution in [3.63, 3.8) is 0 Å². The van der Waals surface area contributed by atoms with E-state index in [1.54, 1.807) is 30.5 Å². The molecule has 8 nitrogen and oxygen atoms in total. The van der Waals surface area contributed by atoms with E-state index in [2.05, 4.69) is 70.3 Å². The summed E-state index contributed by atoms with van der Waals surface area (Å²) in [5.41, 5.74) is 4.05. The average Bonchev–Trinajstić information content (AvgIpc) is 3.69. The molecule has 244 valence electrons. The maximum atomic E-state index is 14.1. The number of para-hydroxylation sites is 1. The fourth-order valence-corrected chi connectivity index (χ4v) is 6.65. The number of nitrogens with one attached hydrogen (secondary N) is 1. The second kappa shape index (κ2) is 16.1. The first kappa shape index (κ1) is 34.3. The Morgan fingerprint density at radius 3 is 2.27 bits per heavy atom. The monoisotopic (exact) mass is 635 g/mol. The molecule has 0 aliphatic carbocycles. The molecule has 4 rings (SSSR count). The van der Waals surface area contributed by atoms with Crippen LogP contribution in [0.2, 0.25) is 0 Å². The van der Waals surface area contributed by atoms with Gasteiger partial charge in [0.15, 0.2) is 11.5 Å². The first-order chi connectivity index (χ1) is 21.6. The van der Waals surface area contributed by atoms with E-state index in [4.69, 9.17) is 14.2 Å². The van der Waals surface area contributed by atoms with Crippen molar-refractivity contribution in [3.05, 3.63) is 75.0 Å². The van der Waals surface area contributed by atoms with E-state index in [0.29, 0.717) is 44.2 Å². The first-order valence-corrected chi connectivity index (χ1v) is 16.8. The second-order valence-corrected chi connectivity index (χ2v) is 13.7. The van der Waals surface area contributed by atoms with Crippen molar-refractivity contribution in [2.75, 3.05) is 45.8 Å². The predicted molar refractivity (Wildman–Crippen MR) is 182 cm³/mol. The minimum absolute atomic E-state index is 0.0388. The molecule has 1 aliphatic heterocycles. The Labute approximate surface area is 272 Å². The Kier molecular flexibility index (Phi) is 12.3. The van der Waals surface area contributed by atoms with Gasteiger partial charge in [-0.2, -0.15) is 0 Å². The summed E-state index contributed by atoms with van der Waals surface area (Å²) in [7, 11) is 3.23. The number of aryl methyl sites for hydroxylation is 1. The number of carbonyl (C=O) groups is 2. The average molecular weight is 636 g/mol. The maximum Gasteiger partial charge on any atom is 0.322 e. The molecular weight excluding hydrogens is 586 g/mol. The zero-order valence-corrected chi connectivity index (χ0v) is 28.7. The molecule has 45 heavy (non-hydrogen) atoms. The van der Waals surface area contributed by atoms with E-state index < -0.39 is 0 Å². The third kappa shape index (κ3) is 9.23. The van der Waals surface area contributed by atoms with Crippen molar-refractivity contribution < 1.29 is 23.8 Å². The Balaban J connectivity index is 1.58. The molecule has 3 amide bonds. The van der Waals surface area contributed by atoms with Gasteiger partial charge >= 0.3 is 6.03 Å². The third-order valence-electron chi connectivity index (χ3n) is 8.28. The first-order valence-electron chi connectivity index (χ1n) is 15.9. The number of carbonyl (C=O) groups excluding carboxylic acids is 2. The lowest BCUT2D eigenvalue weighted by Crippen LogP contribution is -2.47. The minimum atomic E-state index is -0.277. The fraction of sp³-hybridized carbons (Fsp3) is 0.500. The molecule has 3 aromatic rings. The van der Waals surface area contributed by atoms with Crippen molar-refractivity contribution in [2.45, 2.75) is 78.4 Å². The normalized spacial score (nSPS) is 14.6. The summed E-state index contributed by atoms with van der Waals surface area (Å²) < 4.78 is 16.8. The number of rotatable bonds is 14. The molecule has 9 heteroatoms. The number of nitrogens with zero attached hydrogens (tertiary/aromatic N) is 2. The van der Waals surface area contributed by atoms with Crippen LogP contribution >= 0.6 is 11.3 Å². The summed E-state index contributed by atoms with van der Waals surface area (Å²) in [6.07, 6.45) is 2.37. The van der Waals surface area contributed by atoms with E-state index in [0.717, 1.165) is 40.1 Å². The summed E-state index contributed by atoms with van der Waals surface area (Å²) in [4.78, 5) is 34.0. The van der Waals surface area contributed by atoms with Gasteiger partial charge in [-0.25, -0.2) is 4.79 Å². The molecule has 0 saturated carbocycles. The predicted octanol–water partition coefficient (Wildman–Crippen LogP) is 7.60. The zero-order chi connectivity index (χ0) is 32.5. The number of urea groups is 1. The lowest BCUT2D eigenvalue weighted by Gasteiger charge is -2.30. The summed E-state index contributed by atoms with van der Waals surface area (Å²) in [5.74, 6) is 1.68. The van der Waals surface area contributed by atoms with Crippen LogP contribution in [0.3, 0.4) is 0 Å². The molecule has 0 bridgehead atoms. The van der Waals surface area contributed by atoms with Crippen LogP contribution in [0.1, 0.15) is 78.8 Å². The zero-order valence-electron chi connectivity index (χ0n) is 27.9. The number of anilines is 1. The summed E-state index contributed by atoms with van der Waals surface area (Å²) in [6.45, 7) is 12.6. The largest absolute Gasteiger partial charge is 0.493 e. The number of benzene rings is 2. The van der Waals surface area contributed by atoms with Gasteiger partial charge < -0.3 is 29.3 Å². The number of thiophene rings is 1. The standard InChI is InChI=1S/C36H49N3O5S/c1-24(2)30-11-8-12-31(25(3)4)35(30)37-36(41)39(21-28-10-9-19-44-28)23-34(40)38(22-29-15-13-26(5)45-29)18-17-27-14-16-32(42-6)33(20-27)43-7/h8,11-16,20,24-25,28H,9-10,17-19,21-23H2,1-7H3,(H,37,41). The number of hydrogen-bond acceptors (Lipinski definition) is 6. The highest BCUT2D eigenvalue weighted by Crippen LogP contribution is 2.33. The number of ether oxygens (including phenoxy) is 3. The molecule has 1 aromatic heterocycles. The Hall–Kier alpha value is -3.56. The third-order valence-corrected chi connectivity index (χ3v) is 9.27. The Bertz CT molecular complexity index is 1400.